The van der Waals surface area contributed by atoms with Gasteiger partial charge in [-0.25, -0.2) is 0 Å². The molecule has 1 aromatic rings. The second kappa shape index (κ2) is 6.06. The molecule has 0 radical (unpaired) electrons. The fourth-order valence-corrected chi connectivity index (χ4v) is 3.39. The number of piperidine rings is 1. The second-order valence-corrected chi connectivity index (χ2v) is 6.11. The zero-order valence-electron chi connectivity index (χ0n) is 10.6. The van der Waals surface area contributed by atoms with E-state index in [0.29, 0.717) is 11.4 Å². The Balaban J connectivity index is 2.37. The molecule has 1 aliphatic rings. The summed E-state index contributed by atoms with van der Waals surface area (Å²) in [5.74, 6) is -0.702. The molecule has 1 aliphatic heterocycles. The zero-order chi connectivity index (χ0) is 14.0. The molecule has 0 bridgehead atoms. The van der Waals surface area contributed by atoms with Crippen LogP contribution in [0.5, 0.6) is 0 Å². The van der Waals surface area contributed by atoms with Crippen LogP contribution in [0.4, 0.5) is 0 Å². The molecule has 0 aromatic heterocycles. The van der Waals surface area contributed by atoms with Gasteiger partial charge < -0.3 is 0 Å². The Labute approximate surface area is 125 Å². The van der Waals surface area contributed by atoms with Crippen LogP contribution in [0.3, 0.4) is 0 Å². The van der Waals surface area contributed by atoms with Gasteiger partial charge >= 0.3 is 0 Å². The molecular formula is C14H15BrClNO2. The van der Waals surface area contributed by atoms with Crippen molar-refractivity contribution in [3.05, 3.63) is 33.3 Å². The minimum absolute atomic E-state index is 0.123. The van der Waals surface area contributed by atoms with Crippen LogP contribution in [0.15, 0.2) is 22.7 Å². The van der Waals surface area contributed by atoms with E-state index in [1.807, 2.05) is 19.1 Å². The summed E-state index contributed by atoms with van der Waals surface area (Å²) in [5.41, 5.74) is 0.881. The summed E-state index contributed by atoms with van der Waals surface area (Å²) in [5, 5.41) is 3.01. The van der Waals surface area contributed by atoms with Crippen molar-refractivity contribution in [2.24, 2.45) is 5.92 Å². The van der Waals surface area contributed by atoms with Crippen molar-refractivity contribution < 1.29 is 9.59 Å². The van der Waals surface area contributed by atoms with Gasteiger partial charge in [-0.3, -0.25) is 14.9 Å². The summed E-state index contributed by atoms with van der Waals surface area (Å²) in [4.78, 5) is 23.6. The van der Waals surface area contributed by atoms with Crippen molar-refractivity contribution in [1.82, 2.24) is 5.32 Å². The van der Waals surface area contributed by atoms with E-state index < -0.39 is 0 Å². The molecule has 2 rings (SSSR count). The number of halogens is 2. The van der Waals surface area contributed by atoms with Crippen molar-refractivity contribution in [3.63, 3.8) is 0 Å². The van der Waals surface area contributed by atoms with Gasteiger partial charge in [0, 0.05) is 27.8 Å². The highest BCUT2D eigenvalue weighted by Crippen LogP contribution is 2.38. The largest absolute Gasteiger partial charge is 0.296 e. The first-order chi connectivity index (χ1) is 9.02. The highest BCUT2D eigenvalue weighted by atomic mass is 79.9. The standard InChI is InChI=1S/C14H15BrClNO2/c1-2-3-10-11(7-13(18)17-14(10)19)9-5-4-8(15)6-12(9)16/h4-6,10-11H,2-3,7H2,1H3,(H,17,18,19). The minimum Gasteiger partial charge on any atom is -0.296 e. The normalized spacial score (nSPS) is 23.3. The van der Waals surface area contributed by atoms with E-state index in [-0.39, 0.29) is 23.7 Å². The average molecular weight is 345 g/mol. The molecule has 2 amide bonds. The van der Waals surface area contributed by atoms with Gasteiger partial charge in [-0.15, -0.1) is 0 Å². The first kappa shape index (κ1) is 14.5. The highest BCUT2D eigenvalue weighted by molar-refractivity contribution is 9.10. The average Bonchev–Trinajstić information content (AvgIpc) is 2.32. The Bertz CT molecular complexity index is 518. The van der Waals surface area contributed by atoms with Gasteiger partial charge in [-0.2, -0.15) is 0 Å². The Hall–Kier alpha value is -0.870. The fraction of sp³-hybridized carbons (Fsp3) is 0.429. The molecule has 1 aromatic carbocycles. The van der Waals surface area contributed by atoms with E-state index in [1.54, 1.807) is 6.07 Å². The van der Waals surface area contributed by atoms with Gasteiger partial charge in [0.15, 0.2) is 0 Å². The molecule has 1 N–H and O–H groups in total. The summed E-state index contributed by atoms with van der Waals surface area (Å²) >= 11 is 9.61. The molecule has 3 nitrogen and oxygen atoms in total. The van der Waals surface area contributed by atoms with Crippen molar-refractivity contribution in [3.8, 4) is 0 Å². The number of hydrogen-bond acceptors (Lipinski definition) is 2. The highest BCUT2D eigenvalue weighted by Gasteiger charge is 2.36. The van der Waals surface area contributed by atoms with Gasteiger partial charge in [0.25, 0.3) is 0 Å². The van der Waals surface area contributed by atoms with Crippen LogP contribution in [0.2, 0.25) is 5.02 Å². The maximum Gasteiger partial charge on any atom is 0.230 e. The number of benzene rings is 1. The fourth-order valence-electron chi connectivity index (χ4n) is 2.58. The predicted molar refractivity (Wildman–Crippen MR) is 78.1 cm³/mol. The monoisotopic (exact) mass is 343 g/mol. The molecule has 1 heterocycles. The van der Waals surface area contributed by atoms with E-state index in [2.05, 4.69) is 21.2 Å². The van der Waals surface area contributed by atoms with E-state index in [9.17, 15) is 9.59 Å². The van der Waals surface area contributed by atoms with Crippen LogP contribution in [0.25, 0.3) is 0 Å². The number of hydrogen-bond donors (Lipinski definition) is 1. The summed E-state index contributed by atoms with van der Waals surface area (Å²) in [6, 6.07) is 5.59. The Morgan fingerprint density at radius 3 is 2.79 bits per heavy atom. The van der Waals surface area contributed by atoms with Gasteiger partial charge in [-0.1, -0.05) is 46.9 Å². The second-order valence-electron chi connectivity index (χ2n) is 4.78. The molecule has 1 saturated heterocycles. The summed E-state index contributed by atoms with van der Waals surface area (Å²) in [6.45, 7) is 2.03. The van der Waals surface area contributed by atoms with Crippen LogP contribution >= 0.6 is 27.5 Å². The van der Waals surface area contributed by atoms with Crippen molar-refractivity contribution in [1.29, 1.82) is 0 Å². The molecule has 5 heteroatoms. The zero-order valence-corrected chi connectivity index (χ0v) is 12.9. The molecule has 0 aliphatic carbocycles. The Morgan fingerprint density at radius 2 is 2.16 bits per heavy atom. The van der Waals surface area contributed by atoms with Crippen molar-refractivity contribution in [2.75, 3.05) is 0 Å². The third kappa shape index (κ3) is 3.18. The van der Waals surface area contributed by atoms with E-state index >= 15 is 0 Å². The molecule has 19 heavy (non-hydrogen) atoms. The van der Waals surface area contributed by atoms with E-state index in [1.165, 1.54) is 0 Å². The maximum absolute atomic E-state index is 12.0. The van der Waals surface area contributed by atoms with Crippen LogP contribution in [0.1, 0.15) is 37.7 Å². The Morgan fingerprint density at radius 1 is 1.42 bits per heavy atom. The first-order valence-electron chi connectivity index (χ1n) is 6.31. The molecular weight excluding hydrogens is 330 g/mol. The smallest absolute Gasteiger partial charge is 0.230 e. The van der Waals surface area contributed by atoms with Gasteiger partial charge in [-0.05, 0) is 24.1 Å². The van der Waals surface area contributed by atoms with Crippen LogP contribution < -0.4 is 5.32 Å². The van der Waals surface area contributed by atoms with Crippen LogP contribution in [-0.4, -0.2) is 11.8 Å². The number of nitrogens with one attached hydrogen (secondary N) is 1. The van der Waals surface area contributed by atoms with E-state index in [0.717, 1.165) is 22.9 Å². The summed E-state index contributed by atoms with van der Waals surface area (Å²) < 4.78 is 0.889. The van der Waals surface area contributed by atoms with E-state index in [4.69, 9.17) is 11.6 Å². The lowest BCUT2D eigenvalue weighted by atomic mass is 9.78. The Kier molecular flexibility index (Phi) is 4.63. The predicted octanol–water partition coefficient (Wildman–Crippen LogP) is 3.65. The maximum atomic E-state index is 12.0. The first-order valence-corrected chi connectivity index (χ1v) is 7.48. The molecule has 2 atom stereocenters. The number of imide groups is 1. The number of rotatable bonds is 3. The topological polar surface area (TPSA) is 46.2 Å². The summed E-state index contributed by atoms with van der Waals surface area (Å²) in [6.07, 6.45) is 1.98. The van der Waals surface area contributed by atoms with Gasteiger partial charge in [0.05, 0.1) is 0 Å². The number of carbonyl (C=O) groups excluding carboxylic acids is 2. The van der Waals surface area contributed by atoms with Crippen LogP contribution in [0, 0.1) is 5.92 Å². The SMILES string of the molecule is CCCC1C(=O)NC(=O)CC1c1ccc(Br)cc1Cl. The molecule has 1 fully saturated rings. The third-order valence-corrected chi connectivity index (χ3v) is 4.27. The van der Waals surface area contributed by atoms with Crippen molar-refractivity contribution in [2.45, 2.75) is 32.1 Å². The lowest BCUT2D eigenvalue weighted by molar-refractivity contribution is -0.137. The number of carbonyl (C=O) groups is 2. The van der Waals surface area contributed by atoms with Crippen molar-refractivity contribution >= 4 is 39.3 Å². The lowest BCUT2D eigenvalue weighted by Crippen LogP contribution is -2.44. The quantitative estimate of drug-likeness (QED) is 0.851. The minimum atomic E-state index is -0.221. The summed E-state index contributed by atoms with van der Waals surface area (Å²) in [7, 11) is 0. The molecule has 102 valence electrons. The molecule has 2 unspecified atom stereocenters. The molecule has 0 saturated carbocycles. The lowest BCUT2D eigenvalue weighted by Gasteiger charge is -2.30. The van der Waals surface area contributed by atoms with Gasteiger partial charge in [0.2, 0.25) is 11.8 Å². The van der Waals surface area contributed by atoms with Gasteiger partial charge in [0.1, 0.15) is 0 Å². The number of amides is 2. The third-order valence-electron chi connectivity index (χ3n) is 3.45. The molecule has 0 spiro atoms. The van der Waals surface area contributed by atoms with Crippen LogP contribution in [-0.2, 0) is 9.59 Å².